The van der Waals surface area contributed by atoms with Crippen molar-refractivity contribution in [2.75, 3.05) is 13.4 Å². The van der Waals surface area contributed by atoms with Gasteiger partial charge in [0.15, 0.2) is 23.9 Å². The number of carbonyl (C=O) groups is 3. The van der Waals surface area contributed by atoms with Gasteiger partial charge in [-0.3, -0.25) is 9.59 Å². The number of hydrogen-bond acceptors (Lipinski definition) is 7. The molecule has 10 nitrogen and oxygen atoms in total. The Morgan fingerprint density at radius 2 is 1.90 bits per heavy atom. The number of nitrogens with one attached hydrogen (secondary N) is 2. The van der Waals surface area contributed by atoms with Gasteiger partial charge in [-0.15, -0.1) is 0 Å². The monoisotopic (exact) mass is 526 g/mol. The maximum Gasteiger partial charge on any atom is 0.326 e. The number of fused-ring (bicyclic) bond motifs is 3. The minimum atomic E-state index is -1.15. The number of allylic oxidation sites excluding steroid dienone is 1. The highest BCUT2D eigenvalue weighted by atomic mass is 16.7. The number of hydrogen-bond donors (Lipinski definition) is 3. The van der Waals surface area contributed by atoms with Gasteiger partial charge in [-0.05, 0) is 47.5 Å². The van der Waals surface area contributed by atoms with Gasteiger partial charge in [-0.25, -0.2) is 4.79 Å². The zero-order chi connectivity index (χ0) is 26.9. The summed E-state index contributed by atoms with van der Waals surface area (Å²) >= 11 is 0. The second-order valence-electron chi connectivity index (χ2n) is 9.02. The van der Waals surface area contributed by atoms with Crippen molar-refractivity contribution >= 4 is 34.6 Å². The lowest BCUT2D eigenvalue weighted by atomic mass is 10.1. The molecular weight excluding hydrogens is 504 g/mol. The van der Waals surface area contributed by atoms with Gasteiger partial charge < -0.3 is 34.4 Å². The first kappa shape index (κ1) is 24.1. The third-order valence-corrected chi connectivity index (χ3v) is 6.44. The van der Waals surface area contributed by atoms with Gasteiger partial charge in [0.2, 0.25) is 12.6 Å². The first-order valence-corrected chi connectivity index (χ1v) is 12.1. The van der Waals surface area contributed by atoms with Crippen LogP contribution < -0.4 is 24.3 Å². The average Bonchev–Trinajstić information content (AvgIpc) is 3.64. The summed E-state index contributed by atoms with van der Waals surface area (Å²) in [6.07, 6.45) is 3.46. The summed E-state index contributed by atoms with van der Waals surface area (Å²) in [4.78, 5) is 40.2. The topological polar surface area (TPSA) is 136 Å². The number of amides is 1. The maximum atomic E-state index is 12.8. The molecule has 3 aromatic carbocycles. The summed E-state index contributed by atoms with van der Waals surface area (Å²) in [5.74, 6) is -0.0699. The molecule has 0 bridgehead atoms. The van der Waals surface area contributed by atoms with Crippen LogP contribution in [0.25, 0.3) is 17.0 Å². The Bertz CT molecular complexity index is 1650. The molecule has 10 heteroatoms. The van der Waals surface area contributed by atoms with Crippen molar-refractivity contribution in [3.63, 3.8) is 0 Å². The van der Waals surface area contributed by atoms with Gasteiger partial charge in [-0.2, -0.15) is 0 Å². The molecule has 39 heavy (non-hydrogen) atoms. The first-order chi connectivity index (χ1) is 18.9. The Morgan fingerprint density at radius 3 is 2.77 bits per heavy atom. The Labute approximate surface area is 221 Å². The number of carboxylic acid groups (broad SMARTS) is 1. The summed E-state index contributed by atoms with van der Waals surface area (Å²) < 4.78 is 22.0. The highest BCUT2D eigenvalue weighted by molar-refractivity contribution is 6.14. The normalized spacial score (nSPS) is 15.2. The van der Waals surface area contributed by atoms with Crippen LogP contribution in [0.4, 0.5) is 0 Å². The van der Waals surface area contributed by atoms with Crippen LogP contribution in [0.1, 0.15) is 21.5 Å². The zero-order valence-electron chi connectivity index (χ0n) is 20.4. The Hall–Kier alpha value is -5.25. The number of rotatable bonds is 8. The van der Waals surface area contributed by atoms with Gasteiger partial charge in [-0.1, -0.05) is 24.3 Å². The third-order valence-electron chi connectivity index (χ3n) is 6.44. The van der Waals surface area contributed by atoms with E-state index in [-0.39, 0.29) is 24.8 Å². The number of aromatic amines is 1. The molecule has 0 aliphatic carbocycles. The van der Waals surface area contributed by atoms with Crippen LogP contribution in [0.15, 0.2) is 72.6 Å². The number of para-hydroxylation sites is 1. The van der Waals surface area contributed by atoms with E-state index in [1.807, 2.05) is 24.3 Å². The summed E-state index contributed by atoms with van der Waals surface area (Å²) in [6.45, 7) is -0.262. The van der Waals surface area contributed by atoms with E-state index in [9.17, 15) is 19.5 Å². The van der Waals surface area contributed by atoms with E-state index < -0.39 is 24.5 Å². The van der Waals surface area contributed by atoms with Crippen LogP contribution in [0.2, 0.25) is 0 Å². The van der Waals surface area contributed by atoms with Crippen LogP contribution in [0.5, 0.6) is 23.0 Å². The minimum Gasteiger partial charge on any atom is -0.484 e. The molecule has 6 rings (SSSR count). The molecule has 3 N–H and O–H groups in total. The molecule has 3 heterocycles. The second kappa shape index (κ2) is 9.90. The van der Waals surface area contributed by atoms with Crippen LogP contribution >= 0.6 is 0 Å². The molecule has 0 saturated carbocycles. The van der Waals surface area contributed by atoms with E-state index in [4.69, 9.17) is 18.9 Å². The van der Waals surface area contributed by atoms with Gasteiger partial charge in [0, 0.05) is 29.6 Å². The van der Waals surface area contributed by atoms with E-state index in [1.54, 1.807) is 42.6 Å². The lowest BCUT2D eigenvalue weighted by molar-refractivity contribution is -0.142. The molecule has 0 saturated heterocycles. The van der Waals surface area contributed by atoms with Gasteiger partial charge in [0.1, 0.15) is 17.5 Å². The number of benzene rings is 3. The molecule has 4 aromatic rings. The van der Waals surface area contributed by atoms with E-state index in [0.29, 0.717) is 34.1 Å². The van der Waals surface area contributed by atoms with Crippen LogP contribution in [0, 0.1) is 0 Å². The SMILES string of the molecule is O=C(COc1ccc2c(c1)OC(=Cc1ccc3c(c1)OCO3)C2=O)NC(Cc1c[nH]c2ccccc12)C(=O)O. The van der Waals surface area contributed by atoms with Gasteiger partial charge in [0.05, 0.1) is 5.56 Å². The van der Waals surface area contributed by atoms with Crippen molar-refractivity contribution in [3.05, 3.63) is 89.3 Å². The van der Waals surface area contributed by atoms with Crippen LogP contribution in [-0.2, 0) is 16.0 Å². The summed E-state index contributed by atoms with van der Waals surface area (Å²) in [5, 5.41) is 13.1. The van der Waals surface area contributed by atoms with Crippen molar-refractivity contribution in [2.45, 2.75) is 12.5 Å². The van der Waals surface area contributed by atoms with E-state index >= 15 is 0 Å². The van der Waals surface area contributed by atoms with E-state index in [0.717, 1.165) is 16.5 Å². The molecule has 0 spiro atoms. The zero-order valence-corrected chi connectivity index (χ0v) is 20.4. The number of H-pyrrole nitrogens is 1. The predicted molar refractivity (Wildman–Crippen MR) is 139 cm³/mol. The van der Waals surface area contributed by atoms with Crippen molar-refractivity contribution in [1.29, 1.82) is 0 Å². The molecule has 196 valence electrons. The fourth-order valence-electron chi connectivity index (χ4n) is 4.52. The molecule has 0 fully saturated rings. The molecular formula is C29H22N2O8. The standard InChI is InChI=1S/C29H22N2O8/c32-27(31-22(29(34)35)11-17-13-30-21-4-2-1-3-19(17)21)14-36-18-6-7-20-24(12-18)39-26(28(20)33)10-16-5-8-23-25(9-16)38-15-37-23/h1-10,12-13,22,30H,11,14-15H2,(H,31,32)(H,34,35). The highest BCUT2D eigenvalue weighted by Gasteiger charge is 2.28. The Kier molecular flexibility index (Phi) is 6.12. The smallest absolute Gasteiger partial charge is 0.326 e. The number of carboxylic acids is 1. The van der Waals surface area contributed by atoms with Crippen molar-refractivity contribution in [1.82, 2.24) is 10.3 Å². The number of aliphatic carboxylic acids is 1. The predicted octanol–water partition coefficient (Wildman–Crippen LogP) is 3.70. The molecule has 1 atom stereocenters. The van der Waals surface area contributed by atoms with Crippen molar-refractivity contribution in [3.8, 4) is 23.0 Å². The molecule has 2 aliphatic heterocycles. The lowest BCUT2D eigenvalue weighted by Gasteiger charge is -2.15. The quantitative estimate of drug-likeness (QED) is 0.296. The second-order valence-corrected chi connectivity index (χ2v) is 9.02. The van der Waals surface area contributed by atoms with Gasteiger partial charge in [0.25, 0.3) is 5.91 Å². The summed E-state index contributed by atoms with van der Waals surface area (Å²) in [7, 11) is 0. The first-order valence-electron chi connectivity index (χ1n) is 12.1. The summed E-state index contributed by atoms with van der Waals surface area (Å²) in [6, 6.07) is 16.3. The Morgan fingerprint density at radius 1 is 1.05 bits per heavy atom. The maximum absolute atomic E-state index is 12.8. The molecule has 0 radical (unpaired) electrons. The number of carbonyl (C=O) groups excluding carboxylic acids is 2. The number of ether oxygens (including phenoxy) is 4. The molecule has 2 aliphatic rings. The fraction of sp³-hybridized carbons (Fsp3) is 0.138. The molecule has 1 unspecified atom stereocenters. The largest absolute Gasteiger partial charge is 0.484 e. The van der Waals surface area contributed by atoms with E-state index in [1.165, 1.54) is 6.07 Å². The van der Waals surface area contributed by atoms with Crippen LogP contribution in [0.3, 0.4) is 0 Å². The minimum absolute atomic E-state index is 0.109. The van der Waals surface area contributed by atoms with Gasteiger partial charge >= 0.3 is 5.97 Å². The number of Topliss-reactive ketones (excluding diaryl/α,β-unsaturated/α-hetero) is 1. The highest BCUT2D eigenvalue weighted by Crippen LogP contribution is 2.37. The molecule has 1 amide bonds. The van der Waals surface area contributed by atoms with Crippen LogP contribution in [-0.4, -0.2) is 47.2 Å². The average molecular weight is 527 g/mol. The molecule has 1 aromatic heterocycles. The Balaban J connectivity index is 1.09. The van der Waals surface area contributed by atoms with Crippen molar-refractivity contribution in [2.24, 2.45) is 0 Å². The third kappa shape index (κ3) is 4.87. The lowest BCUT2D eigenvalue weighted by Crippen LogP contribution is -2.44. The number of aromatic nitrogens is 1. The number of ketones is 1. The van der Waals surface area contributed by atoms with E-state index in [2.05, 4.69) is 10.3 Å². The van der Waals surface area contributed by atoms with Crippen molar-refractivity contribution < 1.29 is 38.4 Å². The summed E-state index contributed by atoms with van der Waals surface area (Å²) in [5.41, 5.74) is 2.74. The fourth-order valence-corrected chi connectivity index (χ4v) is 4.52.